The average molecular weight is 580 g/mol. The Labute approximate surface area is 248 Å². The standard InChI is InChI=1S/C33H45N3O6/c1-19-26-15-25(33(26,3)4)16-27(19)35-32(41)30-29(20(2)39)28(18-38)42-36(30)17-21-7-5-8-22(13-21)23-9-6-10-24(14-23)31(40)34-11-12-37/h5-10,13-14,19-20,25-30,37-39H,11-12,15-18H2,1-4H3,(H,34,40)(H,35,41)/t19-,20-,25-,26+,27-,28-,29+,30-/m0/s1. The molecule has 3 aliphatic carbocycles. The van der Waals surface area contributed by atoms with E-state index in [-0.39, 0.29) is 44.2 Å². The van der Waals surface area contributed by atoms with Crippen molar-refractivity contribution in [2.45, 2.75) is 71.4 Å². The molecule has 6 rings (SSSR count). The molecule has 2 aromatic carbocycles. The second-order valence-corrected chi connectivity index (χ2v) is 13.0. The summed E-state index contributed by atoms with van der Waals surface area (Å²) in [6, 6.07) is 14.4. The van der Waals surface area contributed by atoms with E-state index in [9.17, 15) is 19.8 Å². The van der Waals surface area contributed by atoms with Crippen molar-refractivity contribution in [3.63, 3.8) is 0 Å². The van der Waals surface area contributed by atoms with Crippen molar-refractivity contribution in [1.82, 2.24) is 15.7 Å². The van der Waals surface area contributed by atoms with Gasteiger partial charge in [-0.1, -0.05) is 51.1 Å². The molecule has 2 aromatic rings. The highest BCUT2D eigenvalue weighted by atomic mass is 16.7. The first-order chi connectivity index (χ1) is 20.0. The van der Waals surface area contributed by atoms with Crippen molar-refractivity contribution in [3.8, 4) is 11.1 Å². The maximum Gasteiger partial charge on any atom is 0.251 e. The first-order valence-electron chi connectivity index (χ1n) is 15.2. The van der Waals surface area contributed by atoms with E-state index in [0.29, 0.717) is 28.7 Å². The lowest BCUT2D eigenvalue weighted by Crippen LogP contribution is -2.62. The number of hydrogen-bond acceptors (Lipinski definition) is 7. The molecule has 2 bridgehead atoms. The van der Waals surface area contributed by atoms with Gasteiger partial charge in [0.15, 0.2) is 0 Å². The second-order valence-electron chi connectivity index (χ2n) is 13.0. The van der Waals surface area contributed by atoms with Crippen LogP contribution in [0.25, 0.3) is 11.1 Å². The Hall–Kier alpha value is -2.82. The Bertz CT molecular complexity index is 1280. The van der Waals surface area contributed by atoms with Crippen LogP contribution in [0, 0.1) is 29.1 Å². The van der Waals surface area contributed by atoms with E-state index in [2.05, 4.69) is 31.4 Å². The number of fused-ring (bicyclic) bond motifs is 2. The molecule has 2 amide bonds. The molecule has 3 saturated carbocycles. The smallest absolute Gasteiger partial charge is 0.251 e. The fraction of sp³-hybridized carbons (Fsp3) is 0.576. The average Bonchev–Trinajstić information content (AvgIpc) is 3.35. The van der Waals surface area contributed by atoms with Crippen molar-refractivity contribution in [2.75, 3.05) is 19.8 Å². The number of hydrogen-bond donors (Lipinski definition) is 5. The van der Waals surface area contributed by atoms with Gasteiger partial charge in [-0.2, -0.15) is 5.06 Å². The number of carbonyl (C=O) groups is 2. The van der Waals surface area contributed by atoms with Crippen LogP contribution in [0.4, 0.5) is 0 Å². The lowest BCUT2D eigenvalue weighted by molar-refractivity contribution is -0.183. The van der Waals surface area contributed by atoms with Gasteiger partial charge in [0.1, 0.15) is 12.1 Å². The minimum absolute atomic E-state index is 0.0733. The number of aliphatic hydroxyl groups is 3. The van der Waals surface area contributed by atoms with Crippen molar-refractivity contribution in [1.29, 1.82) is 0 Å². The van der Waals surface area contributed by atoms with Crippen molar-refractivity contribution < 1.29 is 29.7 Å². The minimum atomic E-state index is -0.856. The number of nitrogens with zero attached hydrogens (tertiary/aromatic N) is 1. The van der Waals surface area contributed by atoms with Crippen LogP contribution in [0.1, 0.15) is 56.5 Å². The second kappa shape index (κ2) is 12.4. The monoisotopic (exact) mass is 579 g/mol. The van der Waals surface area contributed by atoms with Gasteiger partial charge in [0, 0.05) is 24.1 Å². The predicted molar refractivity (Wildman–Crippen MR) is 159 cm³/mol. The predicted octanol–water partition coefficient (Wildman–Crippen LogP) is 2.74. The maximum atomic E-state index is 13.9. The molecule has 4 aliphatic rings. The van der Waals surface area contributed by atoms with E-state index in [1.807, 2.05) is 36.4 Å². The van der Waals surface area contributed by atoms with Gasteiger partial charge < -0.3 is 26.0 Å². The van der Waals surface area contributed by atoms with Crippen LogP contribution in [-0.4, -0.2) is 76.2 Å². The van der Waals surface area contributed by atoms with E-state index in [1.54, 1.807) is 24.1 Å². The molecule has 0 radical (unpaired) electrons. The number of aliphatic hydroxyl groups excluding tert-OH is 3. The van der Waals surface area contributed by atoms with E-state index >= 15 is 0 Å². The Morgan fingerprint density at radius 1 is 1.10 bits per heavy atom. The topological polar surface area (TPSA) is 131 Å². The summed E-state index contributed by atoms with van der Waals surface area (Å²) in [5, 5.41) is 37.4. The molecule has 0 aromatic heterocycles. The van der Waals surface area contributed by atoms with Gasteiger partial charge in [-0.05, 0) is 77.8 Å². The zero-order valence-electron chi connectivity index (χ0n) is 25.0. The summed E-state index contributed by atoms with van der Waals surface area (Å²) in [6.07, 6.45) is 0.611. The third-order valence-electron chi connectivity index (χ3n) is 10.2. The first-order valence-corrected chi connectivity index (χ1v) is 15.2. The third-order valence-corrected chi connectivity index (χ3v) is 10.2. The van der Waals surface area contributed by atoms with E-state index in [4.69, 9.17) is 9.94 Å². The molecule has 42 heavy (non-hydrogen) atoms. The molecule has 5 N–H and O–H groups in total. The number of amides is 2. The molecule has 8 atom stereocenters. The highest BCUT2D eigenvalue weighted by Gasteiger charge is 2.57. The van der Waals surface area contributed by atoms with Crippen LogP contribution in [-0.2, 0) is 16.2 Å². The van der Waals surface area contributed by atoms with E-state index in [0.717, 1.165) is 23.1 Å². The first kappa shape index (κ1) is 30.6. The van der Waals surface area contributed by atoms with E-state index < -0.39 is 24.2 Å². The fourth-order valence-corrected chi connectivity index (χ4v) is 7.62. The molecule has 1 aliphatic heterocycles. The summed E-state index contributed by atoms with van der Waals surface area (Å²) in [6.45, 7) is 8.57. The molecule has 9 nitrogen and oxygen atoms in total. The fourth-order valence-electron chi connectivity index (χ4n) is 7.62. The van der Waals surface area contributed by atoms with Gasteiger partial charge in [0.05, 0.1) is 25.9 Å². The molecular formula is C33H45N3O6. The van der Waals surface area contributed by atoms with Crippen molar-refractivity contribution in [2.24, 2.45) is 29.1 Å². The van der Waals surface area contributed by atoms with Gasteiger partial charge in [-0.3, -0.25) is 14.4 Å². The molecule has 1 heterocycles. The molecule has 0 unspecified atom stereocenters. The lowest BCUT2D eigenvalue weighted by Gasteiger charge is -2.62. The number of hydroxylamine groups is 2. The van der Waals surface area contributed by atoms with Gasteiger partial charge in [0.25, 0.3) is 5.91 Å². The molecular weight excluding hydrogens is 534 g/mol. The molecule has 0 spiro atoms. The summed E-state index contributed by atoms with van der Waals surface area (Å²) in [4.78, 5) is 32.4. The Kier molecular flexibility index (Phi) is 9.06. The SMILES string of the molecule is C[C@@H]1[C@@H](NC(=O)[C@@H]2[C@H]([C@H](C)O)[C@H](CO)ON2Cc2cccc(-c3cccc(C(=O)NCCO)c3)c2)C[C@@H]2C[C@H]1C2(C)C. The maximum absolute atomic E-state index is 13.9. The quantitative estimate of drug-likeness (QED) is 0.293. The Morgan fingerprint density at radius 2 is 1.81 bits per heavy atom. The minimum Gasteiger partial charge on any atom is -0.395 e. The third kappa shape index (κ3) is 5.85. The summed E-state index contributed by atoms with van der Waals surface area (Å²) in [5.41, 5.74) is 3.44. The number of carbonyl (C=O) groups excluding carboxylic acids is 2. The van der Waals surface area contributed by atoms with Crippen LogP contribution in [0.3, 0.4) is 0 Å². The van der Waals surface area contributed by atoms with Crippen LogP contribution >= 0.6 is 0 Å². The summed E-state index contributed by atoms with van der Waals surface area (Å²) in [7, 11) is 0. The number of rotatable bonds is 10. The van der Waals surface area contributed by atoms with Gasteiger partial charge in [-0.15, -0.1) is 0 Å². The normalized spacial score (nSPS) is 30.8. The Balaban J connectivity index is 1.35. The van der Waals surface area contributed by atoms with Crippen molar-refractivity contribution >= 4 is 11.8 Å². The highest BCUT2D eigenvalue weighted by molar-refractivity contribution is 5.95. The molecule has 4 fully saturated rings. The largest absolute Gasteiger partial charge is 0.395 e. The molecule has 228 valence electrons. The van der Waals surface area contributed by atoms with Gasteiger partial charge >= 0.3 is 0 Å². The highest BCUT2D eigenvalue weighted by Crippen LogP contribution is 2.61. The van der Waals surface area contributed by atoms with Crippen LogP contribution in [0.15, 0.2) is 48.5 Å². The number of nitrogens with one attached hydrogen (secondary N) is 2. The van der Waals surface area contributed by atoms with Crippen molar-refractivity contribution in [3.05, 3.63) is 59.7 Å². The van der Waals surface area contributed by atoms with Gasteiger partial charge in [-0.25, -0.2) is 0 Å². The molecule has 1 saturated heterocycles. The van der Waals surface area contributed by atoms with Crippen LogP contribution in [0.5, 0.6) is 0 Å². The summed E-state index contributed by atoms with van der Waals surface area (Å²) >= 11 is 0. The zero-order chi connectivity index (χ0) is 30.2. The van der Waals surface area contributed by atoms with Crippen LogP contribution in [0.2, 0.25) is 0 Å². The lowest BCUT2D eigenvalue weighted by atomic mass is 9.45. The van der Waals surface area contributed by atoms with E-state index in [1.165, 1.54) is 6.42 Å². The number of benzene rings is 2. The van der Waals surface area contributed by atoms with Gasteiger partial charge in [0.2, 0.25) is 5.91 Å². The zero-order valence-corrected chi connectivity index (χ0v) is 25.0. The molecule has 9 heteroatoms. The summed E-state index contributed by atoms with van der Waals surface area (Å²) in [5.74, 6) is 0.523. The Morgan fingerprint density at radius 3 is 2.45 bits per heavy atom. The van der Waals surface area contributed by atoms with Crippen LogP contribution < -0.4 is 10.6 Å². The summed E-state index contributed by atoms with van der Waals surface area (Å²) < 4.78 is 0.